The summed E-state index contributed by atoms with van der Waals surface area (Å²) in [6.45, 7) is 0.545. The van der Waals surface area contributed by atoms with Crippen molar-refractivity contribution in [1.82, 2.24) is 5.32 Å². The highest BCUT2D eigenvalue weighted by Crippen LogP contribution is 1.98. The molecule has 0 fully saturated rings. The van der Waals surface area contributed by atoms with Crippen molar-refractivity contribution in [3.8, 4) is 0 Å². The van der Waals surface area contributed by atoms with Crippen LogP contribution in [0.2, 0.25) is 0 Å². The van der Waals surface area contributed by atoms with Crippen molar-refractivity contribution in [3.05, 3.63) is 11.8 Å². The fourth-order valence-electron chi connectivity index (χ4n) is 0.701. The molecule has 0 aromatic heterocycles. The van der Waals surface area contributed by atoms with Gasteiger partial charge in [-0.2, -0.15) is 0 Å². The van der Waals surface area contributed by atoms with E-state index >= 15 is 0 Å². The summed E-state index contributed by atoms with van der Waals surface area (Å²) >= 11 is 0. The van der Waals surface area contributed by atoms with Crippen molar-refractivity contribution < 1.29 is 9.90 Å². The molecule has 0 unspecified atom stereocenters. The van der Waals surface area contributed by atoms with Crippen LogP contribution in [0.5, 0.6) is 0 Å². The van der Waals surface area contributed by atoms with Gasteiger partial charge in [-0.3, -0.25) is 9.79 Å². The molecule has 4 nitrogen and oxygen atoms in total. The van der Waals surface area contributed by atoms with Crippen LogP contribution in [0.25, 0.3) is 0 Å². The topological polar surface area (TPSA) is 61.7 Å². The van der Waals surface area contributed by atoms with Crippen molar-refractivity contribution in [2.75, 3.05) is 6.67 Å². The Morgan fingerprint density at radius 1 is 1.90 bits per heavy atom. The molecular formula is C6H8N2O2. The molecule has 4 heteroatoms. The Balaban J connectivity index is 2.48. The highest BCUT2D eigenvalue weighted by Gasteiger charge is 2.02. The van der Waals surface area contributed by atoms with E-state index in [2.05, 4.69) is 10.3 Å². The van der Waals surface area contributed by atoms with Gasteiger partial charge in [0.05, 0.1) is 6.42 Å². The third-order valence-electron chi connectivity index (χ3n) is 1.08. The van der Waals surface area contributed by atoms with Gasteiger partial charge < -0.3 is 10.4 Å². The zero-order chi connectivity index (χ0) is 7.40. The summed E-state index contributed by atoms with van der Waals surface area (Å²) < 4.78 is 0. The Labute approximate surface area is 58.3 Å². The largest absolute Gasteiger partial charge is 0.481 e. The SMILES string of the molecule is O=C(O)CC1=CNCN=C1. The molecule has 2 N–H and O–H groups in total. The van der Waals surface area contributed by atoms with Gasteiger partial charge >= 0.3 is 5.97 Å². The zero-order valence-electron chi connectivity index (χ0n) is 5.37. The Morgan fingerprint density at radius 3 is 3.20 bits per heavy atom. The van der Waals surface area contributed by atoms with E-state index in [0.717, 1.165) is 0 Å². The summed E-state index contributed by atoms with van der Waals surface area (Å²) in [7, 11) is 0. The lowest BCUT2D eigenvalue weighted by Gasteiger charge is -2.04. The standard InChI is InChI=1S/C6H8N2O2/c9-6(10)1-5-2-7-4-8-3-5/h2-3,7H,1,4H2,(H,9,10). The molecule has 1 aliphatic heterocycles. The molecule has 10 heavy (non-hydrogen) atoms. The number of nitrogens with zero attached hydrogens (tertiary/aromatic N) is 1. The van der Waals surface area contributed by atoms with E-state index in [1.807, 2.05) is 0 Å². The Morgan fingerprint density at radius 2 is 2.70 bits per heavy atom. The van der Waals surface area contributed by atoms with Crippen molar-refractivity contribution in [3.63, 3.8) is 0 Å². The first-order chi connectivity index (χ1) is 4.79. The van der Waals surface area contributed by atoms with Gasteiger partial charge in [0.1, 0.15) is 6.67 Å². The predicted octanol–water partition coefficient (Wildman–Crippen LogP) is -0.0235. The minimum absolute atomic E-state index is 0.0382. The summed E-state index contributed by atoms with van der Waals surface area (Å²) in [6.07, 6.45) is 3.28. The number of hydrogen-bond donors (Lipinski definition) is 2. The van der Waals surface area contributed by atoms with Crippen LogP contribution in [0.4, 0.5) is 0 Å². The van der Waals surface area contributed by atoms with Crippen LogP contribution in [0, 0.1) is 0 Å². The van der Waals surface area contributed by atoms with Crippen LogP contribution in [0.3, 0.4) is 0 Å². The Bertz CT molecular complexity index is 196. The zero-order valence-corrected chi connectivity index (χ0v) is 5.37. The number of carboxylic acid groups (broad SMARTS) is 1. The molecule has 0 saturated carbocycles. The first-order valence-electron chi connectivity index (χ1n) is 2.93. The summed E-state index contributed by atoms with van der Waals surface area (Å²) in [4.78, 5) is 14.0. The van der Waals surface area contributed by atoms with Gasteiger partial charge in [0.15, 0.2) is 0 Å². The maximum absolute atomic E-state index is 10.1. The van der Waals surface area contributed by atoms with E-state index in [4.69, 9.17) is 5.11 Å². The lowest BCUT2D eigenvalue weighted by atomic mass is 10.2. The van der Waals surface area contributed by atoms with Gasteiger partial charge in [-0.25, -0.2) is 0 Å². The fraction of sp³-hybridized carbons (Fsp3) is 0.333. The Hall–Kier alpha value is -1.32. The van der Waals surface area contributed by atoms with Crippen molar-refractivity contribution in [2.24, 2.45) is 4.99 Å². The minimum Gasteiger partial charge on any atom is -0.481 e. The monoisotopic (exact) mass is 140 g/mol. The van der Waals surface area contributed by atoms with E-state index < -0.39 is 5.97 Å². The first-order valence-corrected chi connectivity index (χ1v) is 2.93. The third-order valence-corrected chi connectivity index (χ3v) is 1.08. The van der Waals surface area contributed by atoms with Crippen LogP contribution in [-0.2, 0) is 4.79 Å². The van der Waals surface area contributed by atoms with Crippen molar-refractivity contribution in [1.29, 1.82) is 0 Å². The minimum atomic E-state index is -0.832. The highest BCUT2D eigenvalue weighted by molar-refractivity contribution is 5.86. The number of rotatable bonds is 2. The van der Waals surface area contributed by atoms with Gasteiger partial charge in [-0.05, 0) is 5.57 Å². The number of carboxylic acids is 1. The molecule has 0 amide bonds. The van der Waals surface area contributed by atoms with Crippen LogP contribution in [-0.4, -0.2) is 24.0 Å². The molecular weight excluding hydrogens is 132 g/mol. The normalized spacial score (nSPS) is 15.8. The molecule has 1 heterocycles. The second-order valence-corrected chi connectivity index (χ2v) is 1.96. The first kappa shape index (κ1) is 6.80. The van der Waals surface area contributed by atoms with Gasteiger partial charge in [0.25, 0.3) is 0 Å². The third kappa shape index (κ3) is 1.89. The number of nitrogens with one attached hydrogen (secondary N) is 1. The number of aliphatic imine (C=N–C) groups is 1. The maximum atomic E-state index is 10.1. The summed E-state index contributed by atoms with van der Waals surface area (Å²) in [6, 6.07) is 0. The summed E-state index contributed by atoms with van der Waals surface area (Å²) in [5.41, 5.74) is 0.707. The van der Waals surface area contributed by atoms with E-state index in [1.54, 1.807) is 12.4 Å². The van der Waals surface area contributed by atoms with Crippen molar-refractivity contribution >= 4 is 12.2 Å². The number of aliphatic carboxylic acids is 1. The second kappa shape index (κ2) is 3.00. The quantitative estimate of drug-likeness (QED) is 0.566. The lowest BCUT2D eigenvalue weighted by Crippen LogP contribution is -2.13. The second-order valence-electron chi connectivity index (χ2n) is 1.96. The van der Waals surface area contributed by atoms with Gasteiger partial charge in [0.2, 0.25) is 0 Å². The van der Waals surface area contributed by atoms with Gasteiger partial charge in [-0.1, -0.05) is 0 Å². The van der Waals surface area contributed by atoms with E-state index in [0.29, 0.717) is 12.2 Å². The smallest absolute Gasteiger partial charge is 0.307 e. The molecule has 0 saturated heterocycles. The molecule has 0 aromatic rings. The predicted molar refractivity (Wildman–Crippen MR) is 36.8 cm³/mol. The molecule has 0 aliphatic carbocycles. The van der Waals surface area contributed by atoms with Crippen LogP contribution in [0.1, 0.15) is 6.42 Å². The Kier molecular flexibility index (Phi) is 2.04. The van der Waals surface area contributed by atoms with Crippen LogP contribution >= 0.6 is 0 Å². The average molecular weight is 140 g/mol. The fourth-order valence-corrected chi connectivity index (χ4v) is 0.701. The van der Waals surface area contributed by atoms with Gasteiger partial charge in [0, 0.05) is 12.4 Å². The number of carbonyl (C=O) groups is 1. The maximum Gasteiger partial charge on any atom is 0.307 e. The average Bonchev–Trinajstić information content (AvgIpc) is 1.88. The lowest BCUT2D eigenvalue weighted by molar-refractivity contribution is -0.136. The van der Waals surface area contributed by atoms with Gasteiger partial charge in [-0.15, -0.1) is 0 Å². The van der Waals surface area contributed by atoms with E-state index in [1.165, 1.54) is 0 Å². The molecule has 0 radical (unpaired) electrons. The van der Waals surface area contributed by atoms with Crippen LogP contribution < -0.4 is 5.32 Å². The summed E-state index contributed by atoms with van der Waals surface area (Å²) in [5.74, 6) is -0.832. The highest BCUT2D eigenvalue weighted by atomic mass is 16.4. The van der Waals surface area contributed by atoms with E-state index in [9.17, 15) is 4.79 Å². The molecule has 0 aromatic carbocycles. The number of hydrogen-bond acceptors (Lipinski definition) is 3. The van der Waals surface area contributed by atoms with Crippen molar-refractivity contribution in [2.45, 2.75) is 6.42 Å². The van der Waals surface area contributed by atoms with E-state index in [-0.39, 0.29) is 6.42 Å². The molecule has 1 rings (SSSR count). The molecule has 0 spiro atoms. The molecule has 54 valence electrons. The summed E-state index contributed by atoms with van der Waals surface area (Å²) in [5, 5.41) is 11.2. The molecule has 1 aliphatic rings. The molecule has 0 bridgehead atoms. The molecule has 0 atom stereocenters. The van der Waals surface area contributed by atoms with Crippen LogP contribution in [0.15, 0.2) is 16.8 Å².